The molecule has 1 aliphatic carbocycles. The third-order valence-electron chi connectivity index (χ3n) is 3.51. The number of carbonyl (C=O) groups excluding carboxylic acids is 1. The number of hydrogen-bond donors (Lipinski definition) is 0. The molecule has 0 unspecified atom stereocenters. The van der Waals surface area contributed by atoms with Gasteiger partial charge >= 0.3 is 0 Å². The Hall–Kier alpha value is -2.61. The Morgan fingerprint density at radius 2 is 1.71 bits per heavy atom. The van der Waals surface area contributed by atoms with E-state index < -0.39 is 14.9 Å². The number of benzene rings is 1. The van der Waals surface area contributed by atoms with Crippen molar-refractivity contribution >= 4 is 27.2 Å². The normalized spacial score (nSPS) is 17.0. The van der Waals surface area contributed by atoms with Crippen LogP contribution in [-0.4, -0.2) is 24.8 Å². The van der Waals surface area contributed by atoms with Gasteiger partial charge in [0.25, 0.3) is 15.7 Å². The molecule has 0 bridgehead atoms. The summed E-state index contributed by atoms with van der Waals surface area (Å²) in [4.78, 5) is 21.8. The maximum atomic E-state index is 12.4. The number of rotatable bonds is 4. The molecule has 0 radical (unpaired) electrons. The van der Waals surface area contributed by atoms with Crippen molar-refractivity contribution in [3.05, 3.63) is 57.7 Å². The lowest BCUT2D eigenvalue weighted by molar-refractivity contribution is -0.384. The van der Waals surface area contributed by atoms with Crippen molar-refractivity contribution in [1.29, 1.82) is 0 Å². The first kappa shape index (κ1) is 17.7. The molecule has 0 saturated carbocycles. The molecule has 0 N–H and O–H groups in total. The molecule has 0 amide bonds. The van der Waals surface area contributed by atoms with E-state index in [2.05, 4.69) is 4.40 Å². The fraction of sp³-hybridized carbons (Fsp3) is 0.250. The van der Waals surface area contributed by atoms with Crippen molar-refractivity contribution in [2.45, 2.75) is 25.7 Å². The second kappa shape index (κ2) is 6.48. The van der Waals surface area contributed by atoms with Gasteiger partial charge in [0.1, 0.15) is 0 Å². The van der Waals surface area contributed by atoms with Crippen LogP contribution >= 0.6 is 0 Å². The zero-order valence-electron chi connectivity index (χ0n) is 13.4. The van der Waals surface area contributed by atoms with Gasteiger partial charge in [0, 0.05) is 17.7 Å². The molecule has 1 aromatic rings. The average Bonchev–Trinajstić information content (AvgIpc) is 2.49. The molecular formula is C16H16N2O5S. The van der Waals surface area contributed by atoms with Gasteiger partial charge in [-0.15, -0.1) is 0 Å². The smallest absolute Gasteiger partial charge is 0.282 e. The van der Waals surface area contributed by atoms with Gasteiger partial charge in [0.2, 0.25) is 0 Å². The second-order valence-corrected chi connectivity index (χ2v) is 7.25. The molecule has 0 aliphatic heterocycles. The Labute approximate surface area is 139 Å². The Morgan fingerprint density at radius 3 is 2.21 bits per heavy atom. The minimum absolute atomic E-state index is 0.0610. The Morgan fingerprint density at radius 1 is 1.12 bits per heavy atom. The Bertz CT molecular complexity index is 891. The predicted molar refractivity (Wildman–Crippen MR) is 89.4 cm³/mol. The SMILES string of the molecule is CC1=CC(=O)C(C(C)C)=CC1=NS(=O)(=O)c1ccc([N+](=O)[O-])cc1. The van der Waals surface area contributed by atoms with Crippen molar-refractivity contribution in [2.24, 2.45) is 10.3 Å². The largest absolute Gasteiger partial charge is 0.290 e. The van der Waals surface area contributed by atoms with E-state index >= 15 is 0 Å². The van der Waals surface area contributed by atoms with Crippen LogP contribution in [0.4, 0.5) is 5.69 Å². The lowest BCUT2D eigenvalue weighted by Gasteiger charge is -2.15. The predicted octanol–water partition coefficient (Wildman–Crippen LogP) is 2.84. The lowest BCUT2D eigenvalue weighted by Crippen LogP contribution is -2.16. The van der Waals surface area contributed by atoms with Crippen LogP contribution < -0.4 is 0 Å². The Balaban J connectivity index is 2.46. The molecule has 0 saturated heterocycles. The van der Waals surface area contributed by atoms with Crippen molar-refractivity contribution in [2.75, 3.05) is 0 Å². The van der Waals surface area contributed by atoms with E-state index in [0.29, 0.717) is 11.1 Å². The molecule has 0 aromatic heterocycles. The summed E-state index contributed by atoms with van der Waals surface area (Å²) in [6.45, 7) is 5.27. The molecule has 0 fully saturated rings. The minimum atomic E-state index is -4.03. The van der Waals surface area contributed by atoms with E-state index in [9.17, 15) is 23.3 Å². The topological polar surface area (TPSA) is 107 Å². The molecule has 126 valence electrons. The van der Waals surface area contributed by atoms with Gasteiger partial charge in [-0.3, -0.25) is 14.9 Å². The van der Waals surface area contributed by atoms with Gasteiger partial charge < -0.3 is 0 Å². The highest BCUT2D eigenvalue weighted by Gasteiger charge is 2.22. The maximum Gasteiger partial charge on any atom is 0.282 e. The molecule has 7 nitrogen and oxygen atoms in total. The van der Waals surface area contributed by atoms with Gasteiger partial charge in [0.15, 0.2) is 5.78 Å². The fourth-order valence-electron chi connectivity index (χ4n) is 2.16. The standard InChI is InChI=1S/C16H16N2O5S/c1-10(2)14-9-15(11(3)8-16(14)19)17-24(22,23)13-6-4-12(5-7-13)18(20)21/h4-10H,1-3H3. The first-order valence-electron chi connectivity index (χ1n) is 7.16. The van der Waals surface area contributed by atoms with Gasteiger partial charge in [-0.25, -0.2) is 0 Å². The average molecular weight is 348 g/mol. The number of nitro groups is 1. The van der Waals surface area contributed by atoms with Gasteiger partial charge in [-0.1, -0.05) is 13.8 Å². The molecule has 1 aromatic carbocycles. The van der Waals surface area contributed by atoms with E-state index in [4.69, 9.17) is 0 Å². The highest BCUT2D eigenvalue weighted by Crippen LogP contribution is 2.22. The van der Waals surface area contributed by atoms with Gasteiger partial charge in [0.05, 0.1) is 15.5 Å². The molecule has 8 heteroatoms. The number of allylic oxidation sites excluding steroid dienone is 4. The van der Waals surface area contributed by atoms with E-state index in [1.54, 1.807) is 6.92 Å². The summed E-state index contributed by atoms with van der Waals surface area (Å²) >= 11 is 0. The summed E-state index contributed by atoms with van der Waals surface area (Å²) in [5.74, 6) is -0.219. The summed E-state index contributed by atoms with van der Waals surface area (Å²) in [6.07, 6.45) is 2.84. The van der Waals surface area contributed by atoms with Crippen LogP contribution in [0.2, 0.25) is 0 Å². The Kier molecular flexibility index (Phi) is 4.79. The number of non-ortho nitro benzene ring substituents is 1. The minimum Gasteiger partial charge on any atom is -0.290 e. The second-order valence-electron chi connectivity index (χ2n) is 5.65. The first-order valence-corrected chi connectivity index (χ1v) is 8.60. The zero-order chi connectivity index (χ0) is 18.1. The van der Waals surface area contributed by atoms with E-state index in [0.717, 1.165) is 24.3 Å². The van der Waals surface area contributed by atoms with E-state index in [1.165, 1.54) is 12.2 Å². The highest BCUT2D eigenvalue weighted by atomic mass is 32.2. The molecule has 2 rings (SSSR count). The summed E-state index contributed by atoms with van der Waals surface area (Å²) in [5.41, 5.74) is 0.924. The number of carbonyl (C=O) groups is 1. The van der Waals surface area contributed by atoms with E-state index in [1.807, 2.05) is 13.8 Å². The molecule has 0 atom stereocenters. The molecule has 1 aliphatic rings. The van der Waals surface area contributed by atoms with E-state index in [-0.39, 0.29) is 28.0 Å². The van der Waals surface area contributed by atoms with Crippen molar-refractivity contribution in [1.82, 2.24) is 0 Å². The van der Waals surface area contributed by atoms with Crippen LogP contribution in [0.1, 0.15) is 20.8 Å². The number of sulfonamides is 1. The van der Waals surface area contributed by atoms with Crippen molar-refractivity contribution in [3.8, 4) is 0 Å². The summed E-state index contributed by atoms with van der Waals surface area (Å²) in [6, 6.07) is 4.49. The van der Waals surface area contributed by atoms with Crippen LogP contribution in [0.3, 0.4) is 0 Å². The van der Waals surface area contributed by atoms with Crippen LogP contribution in [0.25, 0.3) is 0 Å². The summed E-state index contributed by atoms with van der Waals surface area (Å²) in [7, 11) is -4.03. The molecular weight excluding hydrogens is 332 g/mol. The van der Waals surface area contributed by atoms with Gasteiger partial charge in [-0.2, -0.15) is 12.8 Å². The summed E-state index contributed by atoms with van der Waals surface area (Å²) in [5, 5.41) is 10.6. The number of nitrogens with zero attached hydrogens (tertiary/aromatic N) is 2. The van der Waals surface area contributed by atoms with Crippen LogP contribution in [0, 0.1) is 16.0 Å². The van der Waals surface area contributed by atoms with Gasteiger partial charge in [-0.05, 0) is 42.7 Å². The van der Waals surface area contributed by atoms with Crippen LogP contribution in [-0.2, 0) is 14.8 Å². The third kappa shape index (κ3) is 3.65. The third-order valence-corrected chi connectivity index (χ3v) is 4.82. The first-order chi connectivity index (χ1) is 11.1. The quantitative estimate of drug-likeness (QED) is 0.472. The maximum absolute atomic E-state index is 12.4. The zero-order valence-corrected chi connectivity index (χ0v) is 14.2. The molecule has 0 spiro atoms. The monoisotopic (exact) mass is 348 g/mol. The number of hydrogen-bond acceptors (Lipinski definition) is 5. The van der Waals surface area contributed by atoms with Crippen molar-refractivity contribution < 1.29 is 18.1 Å². The lowest BCUT2D eigenvalue weighted by atomic mass is 9.90. The van der Waals surface area contributed by atoms with Crippen LogP contribution in [0.15, 0.2) is 56.9 Å². The summed E-state index contributed by atoms with van der Waals surface area (Å²) < 4.78 is 28.6. The van der Waals surface area contributed by atoms with Crippen molar-refractivity contribution in [3.63, 3.8) is 0 Å². The number of nitro benzene ring substituents is 1. The fourth-order valence-corrected chi connectivity index (χ4v) is 3.20. The molecule has 0 heterocycles. The van der Waals surface area contributed by atoms with Crippen LogP contribution in [0.5, 0.6) is 0 Å². The number of ketones is 1. The molecule has 24 heavy (non-hydrogen) atoms. The highest BCUT2D eigenvalue weighted by molar-refractivity contribution is 7.90.